The topological polar surface area (TPSA) is 60.4 Å². The quantitative estimate of drug-likeness (QED) is 0.675. The average Bonchev–Trinajstić information content (AvgIpc) is 2.16. The highest BCUT2D eigenvalue weighted by atomic mass is 32.2. The van der Waals surface area contributed by atoms with Gasteiger partial charge < -0.3 is 9.45 Å². The van der Waals surface area contributed by atoms with Gasteiger partial charge >= 0.3 is 0 Å². The van der Waals surface area contributed by atoms with Crippen molar-refractivity contribution in [2.75, 3.05) is 14.1 Å². The van der Waals surface area contributed by atoms with Crippen LogP contribution in [0.1, 0.15) is 10.4 Å². The Morgan fingerprint density at radius 3 is 2.14 bits per heavy atom. The van der Waals surface area contributed by atoms with Crippen LogP contribution in [0.3, 0.4) is 0 Å². The summed E-state index contributed by atoms with van der Waals surface area (Å²) in [5, 5.41) is 0. The van der Waals surface area contributed by atoms with E-state index in [9.17, 15) is 13.6 Å². The van der Waals surface area contributed by atoms with Gasteiger partial charge in [-0.15, -0.1) is 0 Å². The van der Waals surface area contributed by atoms with E-state index in [2.05, 4.69) is 0 Å². The van der Waals surface area contributed by atoms with Gasteiger partial charge in [-0.05, 0) is 35.3 Å². The molecule has 4 nitrogen and oxygen atoms in total. The molecule has 1 unspecified atom stereocenters. The predicted octanol–water partition coefficient (Wildman–Crippen LogP) is 0.626. The van der Waals surface area contributed by atoms with Gasteiger partial charge in [-0.3, -0.25) is 9.00 Å². The minimum Gasteiger partial charge on any atom is -0.768 e. The first-order valence-corrected chi connectivity index (χ1v) is 5.01. The van der Waals surface area contributed by atoms with Gasteiger partial charge in [0.1, 0.15) is 0 Å². The van der Waals surface area contributed by atoms with Crippen LogP contribution in [0.15, 0.2) is 29.2 Å². The molecule has 0 aliphatic heterocycles. The Balaban J connectivity index is 2.94. The zero-order valence-electron chi connectivity index (χ0n) is 7.89. The largest absolute Gasteiger partial charge is 0.768 e. The van der Waals surface area contributed by atoms with E-state index in [1.54, 1.807) is 14.1 Å². The van der Waals surface area contributed by atoms with Crippen LogP contribution in [0.25, 0.3) is 0 Å². The number of nitrogens with zero attached hydrogens (tertiary/aromatic N) is 1. The first-order chi connectivity index (χ1) is 6.52. The Morgan fingerprint density at radius 1 is 1.29 bits per heavy atom. The molecule has 1 aromatic rings. The molecule has 0 fully saturated rings. The van der Waals surface area contributed by atoms with E-state index in [-0.39, 0.29) is 10.8 Å². The molecule has 0 aromatic heterocycles. The maximum Gasteiger partial charge on any atom is 0.253 e. The van der Waals surface area contributed by atoms with Crippen LogP contribution in [-0.4, -0.2) is 33.7 Å². The molecule has 0 spiro atoms. The predicted molar refractivity (Wildman–Crippen MR) is 51.6 cm³/mol. The van der Waals surface area contributed by atoms with E-state index >= 15 is 0 Å². The molecule has 0 aliphatic carbocycles. The zero-order chi connectivity index (χ0) is 10.7. The molecular weight excluding hydrogens is 202 g/mol. The summed E-state index contributed by atoms with van der Waals surface area (Å²) >= 11 is -2.24. The lowest BCUT2D eigenvalue weighted by Crippen LogP contribution is -2.21. The summed E-state index contributed by atoms with van der Waals surface area (Å²) in [6, 6.07) is 5.79. The molecule has 76 valence electrons. The molecule has 1 amide bonds. The van der Waals surface area contributed by atoms with Crippen LogP contribution in [0, 0.1) is 0 Å². The second-order valence-corrected chi connectivity index (χ2v) is 3.90. The van der Waals surface area contributed by atoms with Gasteiger partial charge in [0.25, 0.3) is 5.91 Å². The van der Waals surface area contributed by atoms with E-state index in [0.29, 0.717) is 5.56 Å². The average molecular weight is 212 g/mol. The minimum absolute atomic E-state index is 0.145. The summed E-state index contributed by atoms with van der Waals surface area (Å²) in [5.41, 5.74) is 0.476. The first kappa shape index (κ1) is 10.9. The van der Waals surface area contributed by atoms with Crippen molar-refractivity contribution in [3.8, 4) is 0 Å². The Morgan fingerprint density at radius 2 is 1.79 bits per heavy atom. The number of amides is 1. The van der Waals surface area contributed by atoms with Gasteiger partial charge in [-0.25, -0.2) is 0 Å². The third kappa shape index (κ3) is 2.40. The highest BCUT2D eigenvalue weighted by molar-refractivity contribution is 7.79. The van der Waals surface area contributed by atoms with Crippen LogP contribution >= 0.6 is 0 Å². The lowest BCUT2D eigenvalue weighted by atomic mass is 10.2. The highest BCUT2D eigenvalue weighted by Gasteiger charge is 2.06. The van der Waals surface area contributed by atoms with Gasteiger partial charge in [0, 0.05) is 24.6 Å². The van der Waals surface area contributed by atoms with Gasteiger partial charge in [0.2, 0.25) is 0 Å². The van der Waals surface area contributed by atoms with E-state index in [1.807, 2.05) is 0 Å². The molecule has 14 heavy (non-hydrogen) atoms. The fourth-order valence-corrected chi connectivity index (χ4v) is 1.33. The van der Waals surface area contributed by atoms with Crippen molar-refractivity contribution in [1.29, 1.82) is 0 Å². The minimum atomic E-state index is -2.24. The van der Waals surface area contributed by atoms with Crippen molar-refractivity contribution in [2.45, 2.75) is 4.90 Å². The summed E-state index contributed by atoms with van der Waals surface area (Å²) < 4.78 is 21.0. The molecule has 0 saturated heterocycles. The summed E-state index contributed by atoms with van der Waals surface area (Å²) in [4.78, 5) is 13.0. The van der Waals surface area contributed by atoms with Gasteiger partial charge in [-0.1, -0.05) is 0 Å². The monoisotopic (exact) mass is 212 g/mol. The molecule has 1 atom stereocenters. The zero-order valence-corrected chi connectivity index (χ0v) is 8.71. The van der Waals surface area contributed by atoms with Crippen LogP contribution < -0.4 is 0 Å². The molecule has 0 radical (unpaired) electrons. The third-order valence-corrected chi connectivity index (χ3v) is 2.36. The summed E-state index contributed by atoms with van der Waals surface area (Å²) in [6.07, 6.45) is 0. The Labute approximate surface area is 84.8 Å². The molecule has 1 rings (SSSR count). The number of benzene rings is 1. The number of carbonyl (C=O) groups is 1. The lowest BCUT2D eigenvalue weighted by Gasteiger charge is -2.11. The molecular formula is C9H10NO3S-. The van der Waals surface area contributed by atoms with Crippen LogP contribution in [0.4, 0.5) is 0 Å². The van der Waals surface area contributed by atoms with Crippen LogP contribution in [0.5, 0.6) is 0 Å². The molecule has 1 aromatic carbocycles. The summed E-state index contributed by atoms with van der Waals surface area (Å²) in [5.74, 6) is -0.145. The molecule has 0 N–H and O–H groups in total. The molecule has 0 bridgehead atoms. The SMILES string of the molecule is CN(C)C(=O)c1ccc(S(=O)[O-])cc1. The number of hydrogen-bond donors (Lipinski definition) is 0. The fourth-order valence-electron chi connectivity index (χ4n) is 0.967. The fraction of sp³-hybridized carbons (Fsp3) is 0.222. The number of carbonyl (C=O) groups excluding carboxylic acids is 1. The van der Waals surface area contributed by atoms with Crippen molar-refractivity contribution >= 4 is 17.0 Å². The maximum absolute atomic E-state index is 11.4. The van der Waals surface area contributed by atoms with Gasteiger partial charge in [-0.2, -0.15) is 0 Å². The Kier molecular flexibility index (Phi) is 3.38. The Hall–Kier alpha value is -1.20. The number of hydrogen-bond acceptors (Lipinski definition) is 3. The maximum atomic E-state index is 11.4. The van der Waals surface area contributed by atoms with Gasteiger partial charge in [0.15, 0.2) is 0 Å². The molecule has 0 aliphatic rings. The second-order valence-electron chi connectivity index (χ2n) is 2.96. The highest BCUT2D eigenvalue weighted by Crippen LogP contribution is 2.08. The number of rotatable bonds is 2. The molecule has 0 heterocycles. The molecule has 5 heteroatoms. The van der Waals surface area contributed by atoms with Crippen molar-refractivity contribution in [3.63, 3.8) is 0 Å². The first-order valence-electron chi connectivity index (χ1n) is 3.93. The Bertz CT molecular complexity index is 359. The van der Waals surface area contributed by atoms with E-state index in [0.717, 1.165) is 0 Å². The van der Waals surface area contributed by atoms with Crippen molar-refractivity contribution < 1.29 is 13.6 Å². The summed E-state index contributed by atoms with van der Waals surface area (Å²) in [7, 11) is 3.28. The second kappa shape index (κ2) is 4.34. The van der Waals surface area contributed by atoms with E-state index in [1.165, 1.54) is 29.2 Å². The molecule has 0 saturated carbocycles. The van der Waals surface area contributed by atoms with Crippen LogP contribution in [-0.2, 0) is 11.1 Å². The van der Waals surface area contributed by atoms with Crippen molar-refractivity contribution in [3.05, 3.63) is 29.8 Å². The van der Waals surface area contributed by atoms with E-state index in [4.69, 9.17) is 0 Å². The third-order valence-electron chi connectivity index (χ3n) is 1.70. The lowest BCUT2D eigenvalue weighted by molar-refractivity contribution is 0.0827. The smallest absolute Gasteiger partial charge is 0.253 e. The van der Waals surface area contributed by atoms with Gasteiger partial charge in [0.05, 0.1) is 0 Å². The van der Waals surface area contributed by atoms with Crippen LogP contribution in [0.2, 0.25) is 0 Å². The van der Waals surface area contributed by atoms with E-state index < -0.39 is 11.1 Å². The van der Waals surface area contributed by atoms with Crippen molar-refractivity contribution in [2.24, 2.45) is 0 Å². The summed E-state index contributed by atoms with van der Waals surface area (Å²) in [6.45, 7) is 0. The van der Waals surface area contributed by atoms with Crippen molar-refractivity contribution in [1.82, 2.24) is 4.90 Å². The standard InChI is InChI=1S/C9H11NO3S/c1-10(2)9(11)7-3-5-8(6-4-7)14(12)13/h3-6H,1-2H3,(H,12,13)/p-1. The normalized spacial score (nSPS) is 12.2.